The highest BCUT2D eigenvalue weighted by Gasteiger charge is 2.47. The van der Waals surface area contributed by atoms with Gasteiger partial charge in [0.25, 0.3) is 0 Å². The van der Waals surface area contributed by atoms with E-state index < -0.39 is 37.3 Å². The zero-order valence-electron chi connectivity index (χ0n) is 12.2. The Hall–Kier alpha value is -1.51. The highest BCUT2D eigenvalue weighted by molar-refractivity contribution is 5.73. The van der Waals surface area contributed by atoms with E-state index in [-0.39, 0.29) is 12.5 Å². The van der Waals surface area contributed by atoms with Gasteiger partial charge < -0.3 is 30.1 Å². The minimum atomic E-state index is -1.50. The lowest BCUT2D eigenvalue weighted by atomic mass is 9.95. The summed E-state index contributed by atoms with van der Waals surface area (Å²) in [6.07, 6.45) is -5.40. The molecule has 7 heteroatoms. The zero-order chi connectivity index (χ0) is 16.3. The average molecular weight is 311 g/mol. The van der Waals surface area contributed by atoms with Crippen molar-refractivity contribution in [3.63, 3.8) is 0 Å². The second-order valence-corrected chi connectivity index (χ2v) is 5.35. The molecule has 1 amide bonds. The fourth-order valence-electron chi connectivity index (χ4n) is 2.63. The first kappa shape index (κ1) is 16.9. The standard InChI is InChI=1S/C15H21NO6/c1-9(18)16(7-10-5-3-2-4-6-10)12-14(20)13(19)11(8-17)22-15(12)21/h2-6,11-15,17,19-21H,7-8H2,1H3/t11-,12-,13+,14-,15?/m1/s1. The summed E-state index contributed by atoms with van der Waals surface area (Å²) < 4.78 is 5.10. The van der Waals surface area contributed by atoms with Crippen LogP contribution in [0.3, 0.4) is 0 Å². The van der Waals surface area contributed by atoms with Gasteiger partial charge in [-0.1, -0.05) is 30.3 Å². The third-order valence-corrected chi connectivity index (χ3v) is 3.83. The SMILES string of the molecule is CC(=O)N(Cc1ccccc1)[C@H]1C(O)O[C@H](CO)[C@H](O)[C@@H]1O. The summed E-state index contributed by atoms with van der Waals surface area (Å²) in [5, 5.41) is 39.3. The van der Waals surface area contributed by atoms with Gasteiger partial charge in [0.05, 0.1) is 6.61 Å². The third-order valence-electron chi connectivity index (χ3n) is 3.83. The Labute approximate surface area is 128 Å². The van der Waals surface area contributed by atoms with Crippen LogP contribution in [0.15, 0.2) is 30.3 Å². The Morgan fingerprint density at radius 3 is 2.36 bits per heavy atom. The molecule has 0 saturated carbocycles. The number of carbonyl (C=O) groups excluding carboxylic acids is 1. The van der Waals surface area contributed by atoms with Crippen molar-refractivity contribution < 1.29 is 30.0 Å². The van der Waals surface area contributed by atoms with E-state index >= 15 is 0 Å². The number of hydrogen-bond donors (Lipinski definition) is 4. The van der Waals surface area contributed by atoms with Crippen LogP contribution in [0, 0.1) is 0 Å². The van der Waals surface area contributed by atoms with Gasteiger partial charge in [-0.2, -0.15) is 0 Å². The second kappa shape index (κ2) is 7.17. The largest absolute Gasteiger partial charge is 0.394 e. The van der Waals surface area contributed by atoms with Gasteiger partial charge in [-0.05, 0) is 5.56 Å². The van der Waals surface area contributed by atoms with Crippen LogP contribution < -0.4 is 0 Å². The van der Waals surface area contributed by atoms with Gasteiger partial charge in [0, 0.05) is 13.5 Å². The van der Waals surface area contributed by atoms with Gasteiger partial charge in [0.2, 0.25) is 5.91 Å². The Bertz CT molecular complexity index is 496. The molecule has 1 heterocycles. The summed E-state index contributed by atoms with van der Waals surface area (Å²) in [7, 11) is 0. The predicted molar refractivity (Wildman–Crippen MR) is 76.4 cm³/mol. The van der Waals surface area contributed by atoms with Crippen molar-refractivity contribution in [2.45, 2.75) is 44.1 Å². The number of rotatable bonds is 4. The van der Waals surface area contributed by atoms with E-state index in [0.717, 1.165) is 5.56 Å². The predicted octanol–water partition coefficient (Wildman–Crippen LogP) is -1.17. The van der Waals surface area contributed by atoms with E-state index in [9.17, 15) is 20.1 Å². The molecule has 0 bridgehead atoms. The summed E-state index contributed by atoms with van der Waals surface area (Å²) >= 11 is 0. The first-order valence-electron chi connectivity index (χ1n) is 7.07. The molecular weight excluding hydrogens is 290 g/mol. The number of hydrogen-bond acceptors (Lipinski definition) is 6. The van der Waals surface area contributed by atoms with Gasteiger partial charge in [-0.25, -0.2) is 0 Å². The Kier molecular flexibility index (Phi) is 5.49. The lowest BCUT2D eigenvalue weighted by molar-refractivity contribution is -0.271. The number of carbonyl (C=O) groups is 1. The average Bonchev–Trinajstić information content (AvgIpc) is 2.50. The van der Waals surface area contributed by atoms with Crippen molar-refractivity contribution in [3.8, 4) is 0 Å². The number of benzene rings is 1. The summed E-state index contributed by atoms with van der Waals surface area (Å²) in [6.45, 7) is 0.933. The number of amides is 1. The summed E-state index contributed by atoms with van der Waals surface area (Å²) in [4.78, 5) is 13.2. The van der Waals surface area contributed by atoms with Crippen molar-refractivity contribution in [3.05, 3.63) is 35.9 Å². The monoisotopic (exact) mass is 311 g/mol. The molecule has 4 N–H and O–H groups in total. The molecule has 1 aliphatic rings. The molecule has 0 aromatic heterocycles. The molecule has 1 unspecified atom stereocenters. The van der Waals surface area contributed by atoms with Crippen LogP contribution in [0.2, 0.25) is 0 Å². The normalized spacial score (nSPS) is 31.8. The van der Waals surface area contributed by atoms with Crippen LogP contribution in [-0.4, -0.2) is 68.5 Å². The number of nitrogens with zero attached hydrogens (tertiary/aromatic N) is 1. The number of aliphatic hydroxyl groups is 4. The van der Waals surface area contributed by atoms with Crippen LogP contribution in [0.25, 0.3) is 0 Å². The Balaban J connectivity index is 2.22. The number of ether oxygens (including phenoxy) is 1. The topological polar surface area (TPSA) is 110 Å². The van der Waals surface area contributed by atoms with Crippen LogP contribution in [0.5, 0.6) is 0 Å². The maximum Gasteiger partial charge on any atom is 0.220 e. The molecule has 2 rings (SSSR count). The smallest absolute Gasteiger partial charge is 0.220 e. The molecule has 1 saturated heterocycles. The first-order chi connectivity index (χ1) is 10.5. The minimum absolute atomic E-state index is 0.162. The van der Waals surface area contributed by atoms with Crippen molar-refractivity contribution in [2.75, 3.05) is 6.61 Å². The number of aliphatic hydroxyl groups excluding tert-OH is 4. The molecule has 7 nitrogen and oxygen atoms in total. The molecule has 1 aromatic rings. The highest BCUT2D eigenvalue weighted by atomic mass is 16.6. The van der Waals surface area contributed by atoms with Crippen LogP contribution in [0.1, 0.15) is 12.5 Å². The fourth-order valence-corrected chi connectivity index (χ4v) is 2.63. The van der Waals surface area contributed by atoms with E-state index in [0.29, 0.717) is 0 Å². The van der Waals surface area contributed by atoms with Crippen LogP contribution in [-0.2, 0) is 16.1 Å². The summed E-state index contributed by atoms with van der Waals surface area (Å²) in [6, 6.07) is 7.97. The van der Waals surface area contributed by atoms with E-state index in [1.807, 2.05) is 30.3 Å². The maximum absolute atomic E-state index is 11.9. The van der Waals surface area contributed by atoms with Gasteiger partial charge >= 0.3 is 0 Å². The van der Waals surface area contributed by atoms with Crippen molar-refractivity contribution >= 4 is 5.91 Å². The molecule has 22 heavy (non-hydrogen) atoms. The zero-order valence-corrected chi connectivity index (χ0v) is 12.2. The molecule has 1 aliphatic heterocycles. The van der Waals surface area contributed by atoms with E-state index in [4.69, 9.17) is 9.84 Å². The van der Waals surface area contributed by atoms with Gasteiger partial charge in [-0.15, -0.1) is 0 Å². The fraction of sp³-hybridized carbons (Fsp3) is 0.533. The summed E-state index contributed by atoms with van der Waals surface area (Å²) in [5.74, 6) is -0.370. The first-order valence-corrected chi connectivity index (χ1v) is 7.07. The molecule has 0 radical (unpaired) electrons. The van der Waals surface area contributed by atoms with Crippen molar-refractivity contribution in [1.82, 2.24) is 4.90 Å². The Morgan fingerprint density at radius 2 is 1.82 bits per heavy atom. The van der Waals surface area contributed by atoms with E-state index in [1.54, 1.807) is 0 Å². The molecule has 0 spiro atoms. The maximum atomic E-state index is 11.9. The second-order valence-electron chi connectivity index (χ2n) is 5.35. The summed E-state index contributed by atoms with van der Waals surface area (Å²) in [5.41, 5.74) is 0.816. The molecule has 1 fully saturated rings. The van der Waals surface area contributed by atoms with Gasteiger partial charge in [-0.3, -0.25) is 4.79 Å². The van der Waals surface area contributed by atoms with Gasteiger partial charge in [0.15, 0.2) is 6.29 Å². The van der Waals surface area contributed by atoms with Crippen molar-refractivity contribution in [1.29, 1.82) is 0 Å². The molecule has 122 valence electrons. The highest BCUT2D eigenvalue weighted by Crippen LogP contribution is 2.25. The third kappa shape index (κ3) is 3.45. The molecule has 5 atom stereocenters. The minimum Gasteiger partial charge on any atom is -0.394 e. The lowest BCUT2D eigenvalue weighted by Crippen LogP contribution is -2.64. The molecule has 0 aliphatic carbocycles. The van der Waals surface area contributed by atoms with Crippen molar-refractivity contribution in [2.24, 2.45) is 0 Å². The van der Waals surface area contributed by atoms with E-state index in [2.05, 4.69) is 0 Å². The quantitative estimate of drug-likeness (QED) is 0.558. The lowest BCUT2D eigenvalue weighted by Gasteiger charge is -2.44. The van der Waals surface area contributed by atoms with Crippen LogP contribution >= 0.6 is 0 Å². The van der Waals surface area contributed by atoms with Crippen LogP contribution in [0.4, 0.5) is 0 Å². The Morgan fingerprint density at radius 1 is 1.18 bits per heavy atom. The van der Waals surface area contributed by atoms with E-state index in [1.165, 1.54) is 11.8 Å². The van der Waals surface area contributed by atoms with Gasteiger partial charge in [0.1, 0.15) is 24.4 Å². The molecular formula is C15H21NO6. The molecule has 1 aromatic carbocycles.